The summed E-state index contributed by atoms with van der Waals surface area (Å²) in [4.78, 5) is 19.3. The van der Waals surface area contributed by atoms with Gasteiger partial charge >= 0.3 is 0 Å². The lowest BCUT2D eigenvalue weighted by molar-refractivity contribution is 0.0939. The first-order valence-electron chi connectivity index (χ1n) is 9.29. The number of benzene rings is 1. The van der Waals surface area contributed by atoms with Crippen molar-refractivity contribution in [1.82, 2.24) is 25.0 Å². The zero-order valence-corrected chi connectivity index (χ0v) is 15.4. The van der Waals surface area contributed by atoms with Crippen LogP contribution in [0.25, 0.3) is 17.3 Å². The minimum absolute atomic E-state index is 0.143. The Kier molecular flexibility index (Phi) is 5.02. The zero-order valence-electron chi connectivity index (χ0n) is 15.4. The second kappa shape index (κ2) is 7.75. The number of hydrogen-bond acceptors (Lipinski definition) is 5. The van der Waals surface area contributed by atoms with Crippen molar-refractivity contribution in [3.63, 3.8) is 0 Å². The number of nitrogens with zero attached hydrogens (tertiary/aromatic N) is 4. The van der Waals surface area contributed by atoms with Crippen LogP contribution in [0.5, 0.6) is 0 Å². The van der Waals surface area contributed by atoms with Crippen LogP contribution in [0.1, 0.15) is 29.0 Å². The third-order valence-electron chi connectivity index (χ3n) is 4.71. The van der Waals surface area contributed by atoms with Gasteiger partial charge in [-0.05, 0) is 62.7 Å². The molecule has 1 fully saturated rings. The summed E-state index contributed by atoms with van der Waals surface area (Å²) in [6, 6.07) is 11.5. The van der Waals surface area contributed by atoms with E-state index in [9.17, 15) is 4.79 Å². The van der Waals surface area contributed by atoms with Gasteiger partial charge in [0.2, 0.25) is 5.82 Å². The van der Waals surface area contributed by atoms with Crippen LogP contribution >= 0.6 is 0 Å². The predicted molar refractivity (Wildman–Crippen MR) is 102 cm³/mol. The SMILES string of the molecule is Cc1cccc(-n2nc(C(=O)NCCN3CCCC3)nc2-c2ccco2)c1. The van der Waals surface area contributed by atoms with Crippen LogP contribution in [0.3, 0.4) is 0 Å². The van der Waals surface area contributed by atoms with Gasteiger partial charge < -0.3 is 14.6 Å². The van der Waals surface area contributed by atoms with E-state index >= 15 is 0 Å². The molecule has 0 unspecified atom stereocenters. The van der Waals surface area contributed by atoms with Gasteiger partial charge in [0.25, 0.3) is 5.91 Å². The molecule has 0 atom stereocenters. The highest BCUT2D eigenvalue weighted by atomic mass is 16.3. The molecule has 0 radical (unpaired) electrons. The van der Waals surface area contributed by atoms with Crippen molar-refractivity contribution in [1.29, 1.82) is 0 Å². The number of likely N-dealkylation sites (tertiary alicyclic amines) is 1. The molecule has 1 N–H and O–H groups in total. The fourth-order valence-corrected chi connectivity index (χ4v) is 3.33. The van der Waals surface area contributed by atoms with E-state index < -0.39 is 0 Å². The molecule has 0 spiro atoms. The number of amides is 1. The van der Waals surface area contributed by atoms with Crippen molar-refractivity contribution in [3.05, 3.63) is 54.0 Å². The van der Waals surface area contributed by atoms with Gasteiger partial charge in [-0.1, -0.05) is 12.1 Å². The molecule has 1 aromatic carbocycles. The maximum Gasteiger partial charge on any atom is 0.291 e. The first kappa shape index (κ1) is 17.5. The standard InChI is InChI=1S/C20H23N5O2/c1-15-6-4-7-16(14-15)25-19(17-8-5-13-27-17)22-18(23-25)20(26)21-9-12-24-10-2-3-11-24/h4-8,13-14H,2-3,9-12H2,1H3,(H,21,26). The van der Waals surface area contributed by atoms with E-state index in [0.29, 0.717) is 18.1 Å². The monoisotopic (exact) mass is 365 g/mol. The third-order valence-corrected chi connectivity index (χ3v) is 4.71. The van der Waals surface area contributed by atoms with Crippen LogP contribution < -0.4 is 5.32 Å². The predicted octanol–water partition coefficient (Wildman–Crippen LogP) is 2.66. The second-order valence-corrected chi connectivity index (χ2v) is 6.79. The van der Waals surface area contributed by atoms with Gasteiger partial charge in [-0.25, -0.2) is 4.68 Å². The molecule has 7 nitrogen and oxygen atoms in total. The molecular formula is C20H23N5O2. The van der Waals surface area contributed by atoms with E-state index in [-0.39, 0.29) is 11.7 Å². The lowest BCUT2D eigenvalue weighted by Gasteiger charge is -2.13. The summed E-state index contributed by atoms with van der Waals surface area (Å²) in [5.74, 6) is 0.952. The minimum Gasteiger partial charge on any atom is -0.461 e. The number of hydrogen-bond donors (Lipinski definition) is 1. The highest BCUT2D eigenvalue weighted by Gasteiger charge is 2.20. The molecule has 0 aliphatic carbocycles. The largest absolute Gasteiger partial charge is 0.461 e. The molecule has 3 aromatic rings. The molecule has 3 heterocycles. The fourth-order valence-electron chi connectivity index (χ4n) is 3.33. The lowest BCUT2D eigenvalue weighted by Crippen LogP contribution is -2.34. The molecule has 2 aromatic heterocycles. The van der Waals surface area contributed by atoms with E-state index in [1.54, 1.807) is 17.0 Å². The normalized spacial score (nSPS) is 14.6. The average molecular weight is 365 g/mol. The Balaban J connectivity index is 1.56. The Morgan fingerprint density at radius 3 is 2.81 bits per heavy atom. The molecule has 140 valence electrons. The van der Waals surface area contributed by atoms with E-state index in [0.717, 1.165) is 30.9 Å². The van der Waals surface area contributed by atoms with Crippen molar-refractivity contribution in [2.45, 2.75) is 19.8 Å². The number of carbonyl (C=O) groups is 1. The summed E-state index contributed by atoms with van der Waals surface area (Å²) in [5.41, 5.74) is 1.94. The number of rotatable bonds is 6. The third kappa shape index (κ3) is 3.93. The molecule has 27 heavy (non-hydrogen) atoms. The highest BCUT2D eigenvalue weighted by molar-refractivity contribution is 5.90. The summed E-state index contributed by atoms with van der Waals surface area (Å²) >= 11 is 0. The van der Waals surface area contributed by atoms with E-state index in [1.165, 1.54) is 12.8 Å². The summed E-state index contributed by atoms with van der Waals surface area (Å²) in [5, 5.41) is 7.37. The van der Waals surface area contributed by atoms with Crippen LogP contribution in [-0.2, 0) is 0 Å². The molecule has 1 aliphatic rings. The fraction of sp³-hybridized carbons (Fsp3) is 0.350. The van der Waals surface area contributed by atoms with E-state index in [1.807, 2.05) is 37.3 Å². The van der Waals surface area contributed by atoms with Gasteiger partial charge in [0, 0.05) is 13.1 Å². The molecule has 7 heteroatoms. The van der Waals surface area contributed by atoms with Crippen molar-refractivity contribution in [3.8, 4) is 17.3 Å². The number of furan rings is 1. The summed E-state index contributed by atoms with van der Waals surface area (Å²) in [6.07, 6.45) is 4.06. The quantitative estimate of drug-likeness (QED) is 0.727. The van der Waals surface area contributed by atoms with Gasteiger partial charge in [0.15, 0.2) is 11.6 Å². The smallest absolute Gasteiger partial charge is 0.291 e. The van der Waals surface area contributed by atoms with Crippen molar-refractivity contribution in [2.24, 2.45) is 0 Å². The summed E-state index contributed by atoms with van der Waals surface area (Å²) in [6.45, 7) is 5.68. The Morgan fingerprint density at radius 1 is 1.22 bits per heavy atom. The molecule has 1 aliphatic heterocycles. The maximum absolute atomic E-state index is 12.6. The van der Waals surface area contributed by atoms with Crippen LogP contribution in [0, 0.1) is 6.92 Å². The molecule has 1 saturated heterocycles. The van der Waals surface area contributed by atoms with Crippen LogP contribution in [0.15, 0.2) is 47.1 Å². The Morgan fingerprint density at radius 2 is 2.07 bits per heavy atom. The van der Waals surface area contributed by atoms with Gasteiger partial charge in [-0.15, -0.1) is 5.10 Å². The van der Waals surface area contributed by atoms with E-state index in [2.05, 4.69) is 20.3 Å². The van der Waals surface area contributed by atoms with Gasteiger partial charge in [-0.3, -0.25) is 4.79 Å². The number of nitrogens with one attached hydrogen (secondary N) is 1. The highest BCUT2D eigenvalue weighted by Crippen LogP contribution is 2.22. The summed E-state index contributed by atoms with van der Waals surface area (Å²) in [7, 11) is 0. The van der Waals surface area contributed by atoms with Crippen LogP contribution in [0.4, 0.5) is 0 Å². The lowest BCUT2D eigenvalue weighted by atomic mass is 10.2. The number of carbonyl (C=O) groups excluding carboxylic acids is 1. The van der Waals surface area contributed by atoms with Crippen LogP contribution in [-0.4, -0.2) is 51.8 Å². The van der Waals surface area contributed by atoms with Gasteiger partial charge in [0.1, 0.15) is 0 Å². The van der Waals surface area contributed by atoms with Crippen molar-refractivity contribution >= 4 is 5.91 Å². The van der Waals surface area contributed by atoms with E-state index in [4.69, 9.17) is 4.42 Å². The maximum atomic E-state index is 12.6. The number of aryl methyl sites for hydroxylation is 1. The van der Waals surface area contributed by atoms with Crippen molar-refractivity contribution in [2.75, 3.05) is 26.2 Å². The first-order valence-corrected chi connectivity index (χ1v) is 9.29. The topological polar surface area (TPSA) is 76.2 Å². The first-order chi connectivity index (χ1) is 13.2. The number of aromatic nitrogens is 3. The molecule has 0 bridgehead atoms. The molecule has 1 amide bonds. The minimum atomic E-state index is -0.270. The zero-order chi connectivity index (χ0) is 18.6. The van der Waals surface area contributed by atoms with Gasteiger partial charge in [0.05, 0.1) is 12.0 Å². The Bertz CT molecular complexity index is 910. The van der Waals surface area contributed by atoms with Crippen LogP contribution in [0.2, 0.25) is 0 Å². The molecule has 4 rings (SSSR count). The Labute approximate surface area is 158 Å². The van der Waals surface area contributed by atoms with Gasteiger partial charge in [-0.2, -0.15) is 4.98 Å². The molecule has 0 saturated carbocycles. The average Bonchev–Trinajstić information content (AvgIpc) is 3.42. The van der Waals surface area contributed by atoms with Crippen molar-refractivity contribution < 1.29 is 9.21 Å². The second-order valence-electron chi connectivity index (χ2n) is 6.79. The molecular weight excluding hydrogens is 342 g/mol. The summed E-state index contributed by atoms with van der Waals surface area (Å²) < 4.78 is 7.15. The Hall–Kier alpha value is -2.93.